The van der Waals surface area contributed by atoms with Crippen LogP contribution in [-0.4, -0.2) is 51.4 Å². The zero-order chi connectivity index (χ0) is 16.5. The molecule has 1 amide bonds. The minimum atomic E-state index is -3.61. The molecule has 1 fully saturated rings. The fourth-order valence-corrected chi connectivity index (χ4v) is 3.60. The lowest BCUT2D eigenvalue weighted by Gasteiger charge is -2.28. The van der Waals surface area contributed by atoms with Gasteiger partial charge in [0.2, 0.25) is 10.0 Å². The highest BCUT2D eigenvalue weighted by Gasteiger charge is 2.27. The molecule has 1 aliphatic rings. The highest BCUT2D eigenvalue weighted by molar-refractivity contribution is 7.89. The number of carbonyl (C=O) groups excluding carboxylic acids is 1. The van der Waals surface area contributed by atoms with Gasteiger partial charge in [-0.2, -0.15) is 0 Å². The smallest absolute Gasteiger partial charge is 0.287 e. The molecule has 0 saturated carbocycles. The summed E-state index contributed by atoms with van der Waals surface area (Å²) in [6.07, 6.45) is 1.69. The second-order valence-electron chi connectivity index (χ2n) is 5.87. The number of amides is 1. The quantitative estimate of drug-likeness (QED) is 0.849. The first-order valence-corrected chi connectivity index (χ1v) is 8.73. The normalized spacial score (nSPS) is 22.8. The van der Waals surface area contributed by atoms with Crippen molar-refractivity contribution >= 4 is 15.9 Å². The fourth-order valence-electron chi connectivity index (χ4n) is 2.55. The van der Waals surface area contributed by atoms with E-state index in [1.54, 1.807) is 6.92 Å². The Labute approximate surface area is 131 Å². The van der Waals surface area contributed by atoms with Crippen LogP contribution in [0.1, 0.15) is 36.1 Å². The van der Waals surface area contributed by atoms with E-state index in [0.717, 1.165) is 23.7 Å². The van der Waals surface area contributed by atoms with Gasteiger partial charge in [-0.3, -0.25) is 4.79 Å². The Hall–Kier alpha value is -1.38. The molecule has 8 heteroatoms. The maximum Gasteiger partial charge on any atom is 0.287 e. The molecular formula is C14H23N3O4S. The SMILES string of the molecule is Cc1oc(C(=O)NC2CCNC(C)C2)cc1S(=O)(=O)N(C)C. The van der Waals surface area contributed by atoms with E-state index in [2.05, 4.69) is 17.6 Å². The molecule has 7 nitrogen and oxygen atoms in total. The molecular weight excluding hydrogens is 306 g/mol. The molecule has 22 heavy (non-hydrogen) atoms. The Kier molecular flexibility index (Phi) is 4.93. The Morgan fingerprint density at radius 3 is 2.73 bits per heavy atom. The van der Waals surface area contributed by atoms with Gasteiger partial charge in [0.05, 0.1) is 0 Å². The average Bonchev–Trinajstić information content (AvgIpc) is 2.81. The van der Waals surface area contributed by atoms with E-state index in [0.29, 0.717) is 6.04 Å². The third-order valence-electron chi connectivity index (χ3n) is 3.81. The van der Waals surface area contributed by atoms with E-state index in [4.69, 9.17) is 4.42 Å². The van der Waals surface area contributed by atoms with Crippen molar-refractivity contribution in [3.63, 3.8) is 0 Å². The zero-order valence-electron chi connectivity index (χ0n) is 13.3. The van der Waals surface area contributed by atoms with Crippen LogP contribution in [0.4, 0.5) is 0 Å². The Bertz CT molecular complexity index is 651. The monoisotopic (exact) mass is 329 g/mol. The van der Waals surface area contributed by atoms with Gasteiger partial charge in [-0.1, -0.05) is 0 Å². The number of rotatable bonds is 4. The minimum absolute atomic E-state index is 0.0290. The average molecular weight is 329 g/mol. The van der Waals surface area contributed by atoms with Gasteiger partial charge in [-0.15, -0.1) is 0 Å². The van der Waals surface area contributed by atoms with Gasteiger partial charge >= 0.3 is 0 Å². The summed E-state index contributed by atoms with van der Waals surface area (Å²) in [5, 5.41) is 6.22. The van der Waals surface area contributed by atoms with E-state index in [1.165, 1.54) is 20.2 Å². The predicted octanol–water partition coefficient (Wildman–Crippen LogP) is 0.709. The molecule has 2 heterocycles. The van der Waals surface area contributed by atoms with Crippen molar-refractivity contribution in [3.8, 4) is 0 Å². The molecule has 2 rings (SSSR count). The van der Waals surface area contributed by atoms with Crippen LogP contribution in [-0.2, 0) is 10.0 Å². The fraction of sp³-hybridized carbons (Fsp3) is 0.643. The van der Waals surface area contributed by atoms with E-state index in [1.807, 2.05) is 0 Å². The molecule has 0 radical (unpaired) electrons. The lowest BCUT2D eigenvalue weighted by Crippen LogP contribution is -2.46. The lowest BCUT2D eigenvalue weighted by molar-refractivity contribution is 0.0896. The van der Waals surface area contributed by atoms with Gasteiger partial charge in [0.25, 0.3) is 5.91 Å². The molecule has 1 saturated heterocycles. The molecule has 2 atom stereocenters. The van der Waals surface area contributed by atoms with Crippen molar-refractivity contribution in [2.45, 2.75) is 43.7 Å². The van der Waals surface area contributed by atoms with Crippen molar-refractivity contribution < 1.29 is 17.6 Å². The summed E-state index contributed by atoms with van der Waals surface area (Å²) in [5.74, 6) is -0.121. The van der Waals surface area contributed by atoms with Gasteiger partial charge in [0.1, 0.15) is 10.7 Å². The number of piperidine rings is 1. The minimum Gasteiger partial charge on any atom is -0.455 e. The van der Waals surface area contributed by atoms with Gasteiger partial charge in [-0.25, -0.2) is 12.7 Å². The van der Waals surface area contributed by atoms with Crippen molar-refractivity contribution in [1.82, 2.24) is 14.9 Å². The van der Waals surface area contributed by atoms with Crippen LogP contribution in [0.25, 0.3) is 0 Å². The van der Waals surface area contributed by atoms with Crippen LogP contribution in [0.15, 0.2) is 15.4 Å². The third-order valence-corrected chi connectivity index (χ3v) is 5.74. The molecule has 1 aromatic heterocycles. The molecule has 0 aliphatic carbocycles. The number of nitrogens with zero attached hydrogens (tertiary/aromatic N) is 1. The summed E-state index contributed by atoms with van der Waals surface area (Å²) in [5.41, 5.74) is 0. The zero-order valence-corrected chi connectivity index (χ0v) is 14.2. The first-order chi connectivity index (χ1) is 10.2. The highest BCUT2D eigenvalue weighted by Crippen LogP contribution is 2.22. The van der Waals surface area contributed by atoms with Crippen molar-refractivity contribution in [3.05, 3.63) is 17.6 Å². The van der Waals surface area contributed by atoms with Crippen LogP contribution >= 0.6 is 0 Å². The summed E-state index contributed by atoms with van der Waals surface area (Å²) >= 11 is 0. The van der Waals surface area contributed by atoms with Gasteiger partial charge in [-0.05, 0) is 33.2 Å². The number of furan rings is 1. The van der Waals surface area contributed by atoms with E-state index in [-0.39, 0.29) is 28.4 Å². The molecule has 0 bridgehead atoms. The molecule has 0 spiro atoms. The molecule has 124 valence electrons. The number of hydrogen-bond donors (Lipinski definition) is 2. The van der Waals surface area contributed by atoms with Crippen molar-refractivity contribution in [2.24, 2.45) is 0 Å². The van der Waals surface area contributed by atoms with E-state index < -0.39 is 10.0 Å². The largest absolute Gasteiger partial charge is 0.455 e. The Balaban J connectivity index is 2.15. The van der Waals surface area contributed by atoms with Crippen LogP contribution in [0.2, 0.25) is 0 Å². The van der Waals surface area contributed by atoms with Gasteiger partial charge in [0, 0.05) is 32.2 Å². The van der Waals surface area contributed by atoms with Crippen LogP contribution < -0.4 is 10.6 Å². The molecule has 1 aliphatic heterocycles. The number of aryl methyl sites for hydroxylation is 1. The number of nitrogens with one attached hydrogen (secondary N) is 2. The van der Waals surface area contributed by atoms with Gasteiger partial charge in [0.15, 0.2) is 5.76 Å². The van der Waals surface area contributed by atoms with Crippen molar-refractivity contribution in [1.29, 1.82) is 0 Å². The first kappa shape index (κ1) is 17.0. The third kappa shape index (κ3) is 3.50. The summed E-state index contributed by atoms with van der Waals surface area (Å²) in [6.45, 7) is 4.46. The van der Waals surface area contributed by atoms with Gasteiger partial charge < -0.3 is 15.1 Å². The number of carbonyl (C=O) groups is 1. The molecule has 0 aromatic carbocycles. The van der Waals surface area contributed by atoms with Crippen LogP contribution in [0.5, 0.6) is 0 Å². The molecule has 1 aromatic rings. The van der Waals surface area contributed by atoms with E-state index in [9.17, 15) is 13.2 Å². The summed E-state index contributed by atoms with van der Waals surface area (Å²) in [4.78, 5) is 12.3. The topological polar surface area (TPSA) is 91.6 Å². The number of hydrogen-bond acceptors (Lipinski definition) is 5. The summed E-state index contributed by atoms with van der Waals surface area (Å²) in [7, 11) is -0.728. The van der Waals surface area contributed by atoms with Crippen LogP contribution in [0, 0.1) is 6.92 Å². The summed E-state index contributed by atoms with van der Waals surface area (Å²) < 4.78 is 30.7. The second kappa shape index (κ2) is 6.39. The lowest BCUT2D eigenvalue weighted by atomic mass is 10.0. The molecule has 2 unspecified atom stereocenters. The standard InChI is InChI=1S/C14H23N3O4S/c1-9-7-11(5-6-15-9)16-14(18)12-8-13(10(2)21-12)22(19,20)17(3)4/h8-9,11,15H,5-7H2,1-4H3,(H,16,18). The van der Waals surface area contributed by atoms with Crippen LogP contribution in [0.3, 0.4) is 0 Å². The highest BCUT2D eigenvalue weighted by atomic mass is 32.2. The second-order valence-corrected chi connectivity index (χ2v) is 7.99. The van der Waals surface area contributed by atoms with E-state index >= 15 is 0 Å². The maximum atomic E-state index is 12.2. The Morgan fingerprint density at radius 2 is 2.14 bits per heavy atom. The predicted molar refractivity (Wildman–Crippen MR) is 82.3 cm³/mol. The first-order valence-electron chi connectivity index (χ1n) is 7.29. The summed E-state index contributed by atoms with van der Waals surface area (Å²) in [6, 6.07) is 1.72. The molecule has 2 N–H and O–H groups in total. The number of sulfonamides is 1. The Morgan fingerprint density at radius 1 is 1.45 bits per heavy atom. The maximum absolute atomic E-state index is 12.2. The van der Waals surface area contributed by atoms with Crippen molar-refractivity contribution in [2.75, 3.05) is 20.6 Å².